The Bertz CT molecular complexity index is 759. The Labute approximate surface area is 173 Å². The number of carbonyl (C=O) groups excluding carboxylic acids is 2. The minimum atomic E-state index is -0.236. The zero-order chi connectivity index (χ0) is 20.4. The van der Waals surface area contributed by atoms with Crippen molar-refractivity contribution in [2.75, 3.05) is 33.3 Å². The van der Waals surface area contributed by atoms with Crippen LogP contribution in [0.1, 0.15) is 56.9 Å². The van der Waals surface area contributed by atoms with Gasteiger partial charge in [0, 0.05) is 57.0 Å². The summed E-state index contributed by atoms with van der Waals surface area (Å²) in [6.45, 7) is 5.12. The van der Waals surface area contributed by atoms with Crippen LogP contribution in [-0.2, 0) is 9.59 Å². The number of ether oxygens (including phenoxy) is 1. The average Bonchev–Trinajstić information content (AvgIpc) is 2.98. The van der Waals surface area contributed by atoms with Crippen LogP contribution in [0.3, 0.4) is 0 Å². The molecular weight excluding hydrogens is 366 g/mol. The van der Waals surface area contributed by atoms with Gasteiger partial charge in [-0.15, -0.1) is 0 Å². The summed E-state index contributed by atoms with van der Waals surface area (Å²) in [6, 6.07) is 8.71. The number of methoxy groups -OCH3 is 1. The quantitative estimate of drug-likeness (QED) is 0.849. The standard InChI is InChI=1S/C23H33N3O3/c1-17(27)25-13-10-18(11-14-25)26-15-20(19-7-3-4-8-21(19)29-2)23(16-26)12-6-5-9-22(28)24-23/h3-4,7-8,18,20H,5-6,9-16H2,1-2H3,(H,24,28)/t20-,23+/m0/s1. The van der Waals surface area contributed by atoms with Crippen molar-refractivity contribution in [3.05, 3.63) is 29.8 Å². The maximum Gasteiger partial charge on any atom is 0.220 e. The first kappa shape index (κ1) is 20.2. The van der Waals surface area contributed by atoms with Gasteiger partial charge in [-0.2, -0.15) is 0 Å². The summed E-state index contributed by atoms with van der Waals surface area (Å²) < 4.78 is 5.70. The van der Waals surface area contributed by atoms with E-state index >= 15 is 0 Å². The summed E-state index contributed by atoms with van der Waals surface area (Å²) in [5, 5.41) is 3.45. The Morgan fingerprint density at radius 3 is 2.69 bits per heavy atom. The number of carbonyl (C=O) groups is 2. The van der Waals surface area contributed by atoms with E-state index in [1.54, 1.807) is 14.0 Å². The fraction of sp³-hybridized carbons (Fsp3) is 0.652. The van der Waals surface area contributed by atoms with E-state index in [1.807, 2.05) is 17.0 Å². The molecule has 3 fully saturated rings. The van der Waals surface area contributed by atoms with Crippen LogP contribution in [-0.4, -0.2) is 66.5 Å². The second-order valence-electron chi connectivity index (χ2n) is 8.87. The summed E-state index contributed by atoms with van der Waals surface area (Å²) in [5.41, 5.74) is 0.959. The van der Waals surface area contributed by atoms with E-state index < -0.39 is 0 Å². The van der Waals surface area contributed by atoms with Gasteiger partial charge < -0.3 is 15.0 Å². The summed E-state index contributed by atoms with van der Waals surface area (Å²) in [4.78, 5) is 28.8. The predicted molar refractivity (Wildman–Crippen MR) is 112 cm³/mol. The van der Waals surface area contributed by atoms with Crippen LogP contribution in [0.5, 0.6) is 5.75 Å². The molecule has 0 aromatic heterocycles. The average molecular weight is 400 g/mol. The molecule has 3 saturated heterocycles. The zero-order valence-corrected chi connectivity index (χ0v) is 17.7. The first-order valence-electron chi connectivity index (χ1n) is 11.0. The maximum absolute atomic E-state index is 12.6. The lowest BCUT2D eigenvalue weighted by atomic mass is 9.78. The van der Waals surface area contributed by atoms with E-state index in [4.69, 9.17) is 4.74 Å². The molecule has 0 unspecified atom stereocenters. The molecule has 1 spiro atoms. The topological polar surface area (TPSA) is 61.9 Å². The number of piperidine rings is 1. The van der Waals surface area contributed by atoms with E-state index in [0.29, 0.717) is 12.5 Å². The van der Waals surface area contributed by atoms with Crippen molar-refractivity contribution in [2.45, 2.75) is 62.9 Å². The highest BCUT2D eigenvalue weighted by Gasteiger charge is 2.50. The Hall–Kier alpha value is -2.08. The molecule has 6 nitrogen and oxygen atoms in total. The van der Waals surface area contributed by atoms with Crippen LogP contribution in [0.2, 0.25) is 0 Å². The first-order chi connectivity index (χ1) is 14.0. The van der Waals surface area contributed by atoms with Gasteiger partial charge in [0.15, 0.2) is 0 Å². The van der Waals surface area contributed by atoms with Crippen LogP contribution < -0.4 is 10.1 Å². The SMILES string of the molecule is COc1ccccc1[C@@H]1CN(C2CCN(C(C)=O)CC2)C[C@]12CCCCC(=O)N2. The molecule has 2 atom stereocenters. The van der Waals surface area contributed by atoms with Gasteiger partial charge in [-0.25, -0.2) is 0 Å². The number of nitrogens with one attached hydrogen (secondary N) is 1. The Kier molecular flexibility index (Phi) is 5.81. The van der Waals surface area contributed by atoms with Gasteiger partial charge in [-0.05, 0) is 31.7 Å². The van der Waals surface area contributed by atoms with Crippen molar-refractivity contribution < 1.29 is 14.3 Å². The third-order valence-corrected chi connectivity index (χ3v) is 7.17. The number of hydrogen-bond acceptors (Lipinski definition) is 4. The molecule has 2 amide bonds. The Morgan fingerprint density at radius 2 is 1.97 bits per heavy atom. The number of nitrogens with zero attached hydrogens (tertiary/aromatic N) is 2. The highest BCUT2D eigenvalue weighted by molar-refractivity contribution is 5.77. The van der Waals surface area contributed by atoms with Gasteiger partial charge in [-0.3, -0.25) is 14.5 Å². The van der Waals surface area contributed by atoms with Crippen LogP contribution in [0.25, 0.3) is 0 Å². The number of hydrogen-bond donors (Lipinski definition) is 1. The van der Waals surface area contributed by atoms with Crippen molar-refractivity contribution >= 4 is 11.8 Å². The van der Waals surface area contributed by atoms with E-state index in [-0.39, 0.29) is 23.3 Å². The van der Waals surface area contributed by atoms with Gasteiger partial charge in [0.25, 0.3) is 0 Å². The van der Waals surface area contributed by atoms with Crippen LogP contribution >= 0.6 is 0 Å². The molecule has 0 radical (unpaired) electrons. The molecule has 6 heteroatoms. The third-order valence-electron chi connectivity index (χ3n) is 7.17. The van der Waals surface area contributed by atoms with Gasteiger partial charge in [0.1, 0.15) is 5.75 Å². The third kappa shape index (κ3) is 4.00. The normalized spacial score (nSPS) is 29.0. The fourth-order valence-electron chi connectivity index (χ4n) is 5.63. The number of likely N-dealkylation sites (tertiary alicyclic amines) is 2. The Morgan fingerprint density at radius 1 is 1.21 bits per heavy atom. The second kappa shape index (κ2) is 8.34. The minimum absolute atomic E-state index is 0.171. The predicted octanol–water partition coefficient (Wildman–Crippen LogP) is 2.53. The highest BCUT2D eigenvalue weighted by atomic mass is 16.5. The number of rotatable bonds is 3. The smallest absolute Gasteiger partial charge is 0.220 e. The molecule has 29 heavy (non-hydrogen) atoms. The first-order valence-corrected chi connectivity index (χ1v) is 11.0. The second-order valence-corrected chi connectivity index (χ2v) is 8.87. The van der Waals surface area contributed by atoms with Crippen molar-refractivity contribution in [3.63, 3.8) is 0 Å². The van der Waals surface area contributed by atoms with Gasteiger partial charge in [0.05, 0.1) is 12.6 Å². The van der Waals surface area contributed by atoms with E-state index in [9.17, 15) is 9.59 Å². The molecule has 1 N–H and O–H groups in total. The number of amides is 2. The van der Waals surface area contributed by atoms with Crippen LogP contribution in [0.15, 0.2) is 24.3 Å². The number of benzene rings is 1. The minimum Gasteiger partial charge on any atom is -0.496 e. The summed E-state index contributed by atoms with van der Waals surface area (Å²) in [7, 11) is 1.72. The molecule has 1 aromatic carbocycles. The maximum atomic E-state index is 12.6. The molecule has 3 heterocycles. The lowest BCUT2D eigenvalue weighted by molar-refractivity contribution is -0.130. The lowest BCUT2D eigenvalue weighted by Gasteiger charge is -2.38. The molecule has 1 aromatic rings. The molecule has 0 saturated carbocycles. The van der Waals surface area contributed by atoms with Crippen molar-refractivity contribution in [1.29, 1.82) is 0 Å². The van der Waals surface area contributed by atoms with Crippen molar-refractivity contribution in [1.82, 2.24) is 15.1 Å². The molecule has 158 valence electrons. The van der Waals surface area contributed by atoms with Gasteiger partial charge in [0.2, 0.25) is 11.8 Å². The molecular formula is C23H33N3O3. The van der Waals surface area contributed by atoms with Crippen molar-refractivity contribution in [2.24, 2.45) is 0 Å². The molecule has 3 aliphatic rings. The largest absolute Gasteiger partial charge is 0.496 e. The highest BCUT2D eigenvalue weighted by Crippen LogP contribution is 2.45. The zero-order valence-electron chi connectivity index (χ0n) is 17.7. The van der Waals surface area contributed by atoms with E-state index in [2.05, 4.69) is 22.3 Å². The molecule has 0 bridgehead atoms. The molecule has 3 aliphatic heterocycles. The van der Waals surface area contributed by atoms with E-state index in [0.717, 1.165) is 64.0 Å². The van der Waals surface area contributed by atoms with Crippen LogP contribution in [0, 0.1) is 0 Å². The lowest BCUT2D eigenvalue weighted by Crippen LogP contribution is -2.53. The fourth-order valence-corrected chi connectivity index (χ4v) is 5.63. The summed E-state index contributed by atoms with van der Waals surface area (Å²) in [6.07, 6.45) is 5.66. The van der Waals surface area contributed by atoms with Gasteiger partial charge >= 0.3 is 0 Å². The van der Waals surface area contributed by atoms with E-state index in [1.165, 1.54) is 5.56 Å². The van der Waals surface area contributed by atoms with Crippen molar-refractivity contribution in [3.8, 4) is 5.75 Å². The van der Waals surface area contributed by atoms with Crippen LogP contribution in [0.4, 0.5) is 0 Å². The summed E-state index contributed by atoms with van der Waals surface area (Å²) in [5.74, 6) is 1.47. The summed E-state index contributed by atoms with van der Waals surface area (Å²) >= 11 is 0. The monoisotopic (exact) mass is 399 g/mol. The number of para-hydroxylation sites is 1. The van der Waals surface area contributed by atoms with Gasteiger partial charge in [-0.1, -0.05) is 24.6 Å². The molecule has 0 aliphatic carbocycles. The molecule has 4 rings (SSSR count). The Balaban J connectivity index is 1.61.